The molecule has 0 amide bonds. The summed E-state index contributed by atoms with van der Waals surface area (Å²) in [5.74, 6) is 0. The van der Waals surface area contributed by atoms with Crippen molar-refractivity contribution in [3.8, 4) is 0 Å². The Balaban J connectivity index is 2.74. The van der Waals surface area contributed by atoms with Crippen LogP contribution in [0.15, 0.2) is 11.8 Å². The normalized spacial score (nSPS) is 16.9. The second-order valence-electron chi connectivity index (χ2n) is 2.51. The zero-order valence-electron chi connectivity index (χ0n) is 8.39. The first-order valence-corrected chi connectivity index (χ1v) is 6.11. The van der Waals surface area contributed by atoms with E-state index in [1.807, 2.05) is 0 Å². The van der Waals surface area contributed by atoms with Crippen molar-refractivity contribution < 1.29 is 23.1 Å². The molecule has 0 aromatic carbocycles. The maximum absolute atomic E-state index is 12.1. The Labute approximate surface area is 83.5 Å². The Hall–Kier alpha value is -0.510. The molecule has 0 saturated carbocycles. The third kappa shape index (κ3) is 2.74. The van der Waals surface area contributed by atoms with Gasteiger partial charge in [-0.3, -0.25) is 4.57 Å². The van der Waals surface area contributed by atoms with E-state index in [1.54, 1.807) is 13.8 Å². The van der Waals surface area contributed by atoms with Crippen molar-refractivity contribution >= 4 is 7.60 Å². The second-order valence-corrected chi connectivity index (χ2v) is 4.46. The van der Waals surface area contributed by atoms with Gasteiger partial charge in [-0.2, -0.15) is 0 Å². The first-order chi connectivity index (χ1) is 6.73. The number of hydrogen-bond acceptors (Lipinski definition) is 5. The molecular weight excluding hydrogens is 207 g/mol. The third-order valence-corrected chi connectivity index (χ3v) is 3.47. The molecule has 0 N–H and O–H groups in total. The molecule has 0 aliphatic carbocycles. The molecule has 0 unspecified atom stereocenters. The minimum absolute atomic E-state index is 0.160. The van der Waals surface area contributed by atoms with E-state index in [2.05, 4.69) is 0 Å². The highest BCUT2D eigenvalue weighted by atomic mass is 31.2. The lowest BCUT2D eigenvalue weighted by molar-refractivity contribution is 0.0857. The molecule has 0 atom stereocenters. The summed E-state index contributed by atoms with van der Waals surface area (Å²) in [6.07, 6.45) is 1.30. The van der Waals surface area contributed by atoms with Gasteiger partial charge in [0.05, 0.1) is 13.2 Å². The zero-order chi connectivity index (χ0) is 10.4. The summed E-state index contributed by atoms with van der Waals surface area (Å²) >= 11 is 0. The minimum Gasteiger partial charge on any atom is -0.493 e. The number of ether oxygens (including phenoxy) is 2. The Morgan fingerprint density at radius 3 is 2.43 bits per heavy atom. The Bertz CT molecular complexity index is 240. The second kappa shape index (κ2) is 5.39. The van der Waals surface area contributed by atoms with E-state index in [4.69, 9.17) is 18.5 Å². The monoisotopic (exact) mass is 222 g/mol. The molecule has 82 valence electrons. The van der Waals surface area contributed by atoms with Crippen molar-refractivity contribution in [1.29, 1.82) is 0 Å². The molecule has 0 radical (unpaired) electrons. The van der Waals surface area contributed by atoms with E-state index in [0.717, 1.165) is 0 Å². The summed E-state index contributed by atoms with van der Waals surface area (Å²) in [5.41, 5.74) is 0.160. The maximum atomic E-state index is 12.1. The molecule has 5 nitrogen and oxygen atoms in total. The molecule has 0 fully saturated rings. The summed E-state index contributed by atoms with van der Waals surface area (Å²) < 4.78 is 32.4. The van der Waals surface area contributed by atoms with Crippen LogP contribution in [0.1, 0.15) is 13.8 Å². The Morgan fingerprint density at radius 2 is 2.00 bits per heavy atom. The van der Waals surface area contributed by atoms with E-state index in [1.165, 1.54) is 6.26 Å². The van der Waals surface area contributed by atoms with Crippen molar-refractivity contribution in [3.05, 3.63) is 11.8 Å². The maximum Gasteiger partial charge on any atom is 0.398 e. The zero-order valence-corrected chi connectivity index (χ0v) is 9.29. The lowest BCUT2D eigenvalue weighted by Gasteiger charge is -2.22. The summed E-state index contributed by atoms with van der Waals surface area (Å²) in [6, 6.07) is 0. The molecule has 0 spiro atoms. The fourth-order valence-corrected chi connectivity index (χ4v) is 2.47. The fraction of sp³-hybridized carbons (Fsp3) is 0.750. The van der Waals surface area contributed by atoms with E-state index in [0.29, 0.717) is 26.4 Å². The predicted octanol–water partition coefficient (Wildman–Crippen LogP) is 2.10. The van der Waals surface area contributed by atoms with Gasteiger partial charge >= 0.3 is 7.60 Å². The van der Waals surface area contributed by atoms with Gasteiger partial charge in [0.25, 0.3) is 0 Å². The smallest absolute Gasteiger partial charge is 0.398 e. The average molecular weight is 222 g/mol. The SMILES string of the molecule is CCOP(=O)(OCC)C1=COCCO1. The first-order valence-electron chi connectivity index (χ1n) is 4.57. The van der Waals surface area contributed by atoms with E-state index < -0.39 is 7.60 Å². The highest BCUT2D eigenvalue weighted by Gasteiger charge is 2.33. The van der Waals surface area contributed by atoms with Crippen LogP contribution in [0, 0.1) is 0 Å². The summed E-state index contributed by atoms with van der Waals surface area (Å²) in [7, 11) is -3.28. The molecule has 0 aromatic rings. The highest BCUT2D eigenvalue weighted by Crippen LogP contribution is 2.56. The molecule has 14 heavy (non-hydrogen) atoms. The molecule has 0 bridgehead atoms. The molecular formula is C8H15O5P. The topological polar surface area (TPSA) is 54.0 Å². The van der Waals surface area contributed by atoms with Gasteiger partial charge in [-0.1, -0.05) is 0 Å². The van der Waals surface area contributed by atoms with Gasteiger partial charge in [0.1, 0.15) is 19.5 Å². The van der Waals surface area contributed by atoms with E-state index in [-0.39, 0.29) is 5.50 Å². The van der Waals surface area contributed by atoms with Gasteiger partial charge in [-0.05, 0) is 13.8 Å². The largest absolute Gasteiger partial charge is 0.493 e. The summed E-state index contributed by atoms with van der Waals surface area (Å²) in [6.45, 7) is 4.93. The minimum atomic E-state index is -3.28. The number of rotatable bonds is 5. The first kappa shape index (κ1) is 11.6. The van der Waals surface area contributed by atoms with Gasteiger partial charge in [-0.25, -0.2) is 0 Å². The van der Waals surface area contributed by atoms with Crippen molar-refractivity contribution in [2.75, 3.05) is 26.4 Å². The van der Waals surface area contributed by atoms with Crippen molar-refractivity contribution in [1.82, 2.24) is 0 Å². The lowest BCUT2D eigenvalue weighted by Crippen LogP contribution is -2.11. The average Bonchev–Trinajstić information content (AvgIpc) is 2.20. The van der Waals surface area contributed by atoms with Crippen LogP contribution in [0.2, 0.25) is 0 Å². The Kier molecular flexibility index (Phi) is 4.45. The van der Waals surface area contributed by atoms with Gasteiger partial charge in [-0.15, -0.1) is 0 Å². The van der Waals surface area contributed by atoms with E-state index >= 15 is 0 Å². The molecule has 1 rings (SSSR count). The van der Waals surface area contributed by atoms with Crippen molar-refractivity contribution in [2.45, 2.75) is 13.8 Å². The van der Waals surface area contributed by atoms with Crippen LogP contribution in [-0.4, -0.2) is 26.4 Å². The third-order valence-electron chi connectivity index (χ3n) is 1.50. The molecule has 1 aliphatic heterocycles. The van der Waals surface area contributed by atoms with Gasteiger partial charge in [0.15, 0.2) is 0 Å². The number of hydrogen-bond donors (Lipinski definition) is 0. The highest BCUT2D eigenvalue weighted by molar-refractivity contribution is 7.58. The quantitative estimate of drug-likeness (QED) is 0.666. The molecule has 0 aromatic heterocycles. The van der Waals surface area contributed by atoms with Crippen molar-refractivity contribution in [3.63, 3.8) is 0 Å². The summed E-state index contributed by atoms with van der Waals surface area (Å²) in [4.78, 5) is 0. The molecule has 1 heterocycles. The standard InChI is InChI=1S/C8H15O5P/c1-3-12-14(9,13-4-2)8-7-10-5-6-11-8/h7H,3-6H2,1-2H3. The van der Waals surface area contributed by atoms with Crippen LogP contribution in [0.25, 0.3) is 0 Å². The predicted molar refractivity (Wildman–Crippen MR) is 50.8 cm³/mol. The molecule has 6 heteroatoms. The van der Waals surface area contributed by atoms with Gasteiger partial charge < -0.3 is 18.5 Å². The van der Waals surface area contributed by atoms with Crippen LogP contribution in [0.5, 0.6) is 0 Å². The van der Waals surface area contributed by atoms with Gasteiger partial charge in [0.2, 0.25) is 5.50 Å². The Morgan fingerprint density at radius 1 is 1.36 bits per heavy atom. The fourth-order valence-electron chi connectivity index (χ4n) is 1.01. The lowest BCUT2D eigenvalue weighted by atomic mass is 10.7. The van der Waals surface area contributed by atoms with Crippen LogP contribution in [0.4, 0.5) is 0 Å². The molecule has 1 aliphatic rings. The van der Waals surface area contributed by atoms with E-state index in [9.17, 15) is 4.57 Å². The van der Waals surface area contributed by atoms with Crippen LogP contribution < -0.4 is 0 Å². The van der Waals surface area contributed by atoms with Crippen molar-refractivity contribution in [2.24, 2.45) is 0 Å². The summed E-state index contributed by atoms with van der Waals surface area (Å²) in [5, 5.41) is 0. The molecule has 0 saturated heterocycles. The van der Waals surface area contributed by atoms with Gasteiger partial charge in [0, 0.05) is 0 Å². The van der Waals surface area contributed by atoms with Crippen LogP contribution >= 0.6 is 7.60 Å². The van der Waals surface area contributed by atoms with Crippen LogP contribution in [-0.2, 0) is 23.1 Å². The van der Waals surface area contributed by atoms with Crippen LogP contribution in [0.3, 0.4) is 0 Å².